The summed E-state index contributed by atoms with van der Waals surface area (Å²) >= 11 is 0. The van der Waals surface area contributed by atoms with Gasteiger partial charge in [0.2, 0.25) is 5.43 Å². The Balaban J connectivity index is 2.23. The third-order valence-corrected chi connectivity index (χ3v) is 3.31. The molecule has 0 radical (unpaired) electrons. The minimum Gasteiger partial charge on any atom is -0.507 e. The quantitative estimate of drug-likeness (QED) is 0.706. The lowest BCUT2D eigenvalue weighted by molar-refractivity contribution is -0.119. The number of primary amides is 1. The van der Waals surface area contributed by atoms with Crippen LogP contribution in [0.2, 0.25) is 0 Å². The molecule has 1 heterocycles. The van der Waals surface area contributed by atoms with Gasteiger partial charge < -0.3 is 24.7 Å². The monoisotopic (exact) mass is 315 g/mol. The fraction of sp³-hybridized carbons (Fsp3) is 0.125. The fourth-order valence-corrected chi connectivity index (χ4v) is 2.28. The smallest absolute Gasteiger partial charge is 0.255 e. The second kappa shape index (κ2) is 5.53. The van der Waals surface area contributed by atoms with Crippen molar-refractivity contribution in [2.45, 2.75) is 0 Å². The summed E-state index contributed by atoms with van der Waals surface area (Å²) in [6.45, 7) is -0.347. The van der Waals surface area contributed by atoms with Crippen LogP contribution in [0.3, 0.4) is 0 Å². The molecule has 0 fully saturated rings. The number of fused-ring (bicyclic) bond motifs is 2. The van der Waals surface area contributed by atoms with Crippen LogP contribution in [-0.2, 0) is 4.79 Å². The van der Waals surface area contributed by atoms with Gasteiger partial charge in [0.05, 0.1) is 12.5 Å². The van der Waals surface area contributed by atoms with Crippen molar-refractivity contribution in [3.63, 3.8) is 0 Å². The molecule has 0 aliphatic heterocycles. The third-order valence-electron chi connectivity index (χ3n) is 3.31. The second-order valence-electron chi connectivity index (χ2n) is 4.86. The van der Waals surface area contributed by atoms with E-state index in [1.54, 1.807) is 12.1 Å². The Hall–Kier alpha value is -3.22. The summed E-state index contributed by atoms with van der Waals surface area (Å²) in [7, 11) is 1.49. The summed E-state index contributed by atoms with van der Waals surface area (Å²) in [6.07, 6.45) is 0. The van der Waals surface area contributed by atoms with Gasteiger partial charge in [0.1, 0.15) is 33.8 Å². The van der Waals surface area contributed by atoms with Crippen LogP contribution in [0, 0.1) is 0 Å². The van der Waals surface area contributed by atoms with Gasteiger partial charge in [-0.1, -0.05) is 0 Å². The Bertz CT molecular complexity index is 976. The van der Waals surface area contributed by atoms with E-state index < -0.39 is 5.91 Å². The first-order valence-electron chi connectivity index (χ1n) is 6.68. The number of carbonyl (C=O) groups is 1. The van der Waals surface area contributed by atoms with Gasteiger partial charge in [0, 0.05) is 12.1 Å². The van der Waals surface area contributed by atoms with Gasteiger partial charge in [0.25, 0.3) is 5.91 Å². The van der Waals surface area contributed by atoms with Gasteiger partial charge in [-0.3, -0.25) is 9.59 Å². The molecule has 2 aromatic carbocycles. The van der Waals surface area contributed by atoms with Crippen LogP contribution in [0.15, 0.2) is 39.5 Å². The average Bonchev–Trinajstić information content (AvgIpc) is 2.52. The number of phenols is 1. The van der Waals surface area contributed by atoms with Gasteiger partial charge in [-0.15, -0.1) is 0 Å². The third kappa shape index (κ3) is 2.64. The van der Waals surface area contributed by atoms with E-state index in [9.17, 15) is 14.7 Å². The Morgan fingerprint density at radius 1 is 1.22 bits per heavy atom. The lowest BCUT2D eigenvalue weighted by Gasteiger charge is -2.08. The number of amides is 1. The molecule has 7 nitrogen and oxygen atoms in total. The average molecular weight is 315 g/mol. The van der Waals surface area contributed by atoms with Crippen molar-refractivity contribution in [3.8, 4) is 17.2 Å². The predicted octanol–water partition coefficient (Wildman–Crippen LogP) is 1.52. The zero-order valence-corrected chi connectivity index (χ0v) is 12.2. The first-order chi connectivity index (χ1) is 11.0. The van der Waals surface area contributed by atoms with Gasteiger partial charge in [0.15, 0.2) is 6.61 Å². The molecule has 3 N–H and O–H groups in total. The molecule has 0 aliphatic rings. The van der Waals surface area contributed by atoms with Gasteiger partial charge in [-0.05, 0) is 18.2 Å². The minimum atomic E-state index is -0.656. The number of phenolic OH excluding ortho intramolecular Hbond substituents is 1. The van der Waals surface area contributed by atoms with Gasteiger partial charge in [-0.2, -0.15) is 0 Å². The van der Waals surface area contributed by atoms with Gasteiger partial charge >= 0.3 is 0 Å². The van der Waals surface area contributed by atoms with E-state index in [1.807, 2.05) is 0 Å². The second-order valence-corrected chi connectivity index (χ2v) is 4.86. The molecule has 3 rings (SSSR count). The van der Waals surface area contributed by atoms with Crippen LogP contribution in [0.1, 0.15) is 0 Å². The molecule has 0 unspecified atom stereocenters. The van der Waals surface area contributed by atoms with Crippen molar-refractivity contribution in [1.29, 1.82) is 0 Å². The Kier molecular flexibility index (Phi) is 3.53. The van der Waals surface area contributed by atoms with Crippen molar-refractivity contribution in [2.24, 2.45) is 5.73 Å². The first-order valence-corrected chi connectivity index (χ1v) is 6.68. The van der Waals surface area contributed by atoms with E-state index in [0.717, 1.165) is 0 Å². The minimum absolute atomic E-state index is 0.0252. The zero-order valence-electron chi connectivity index (χ0n) is 12.2. The number of methoxy groups -OCH3 is 1. The summed E-state index contributed by atoms with van der Waals surface area (Å²) in [5, 5.41) is 10.4. The number of rotatable bonds is 4. The highest BCUT2D eigenvalue weighted by Crippen LogP contribution is 2.31. The van der Waals surface area contributed by atoms with Crippen LogP contribution in [-0.4, -0.2) is 24.7 Å². The van der Waals surface area contributed by atoms with Gasteiger partial charge in [-0.25, -0.2) is 0 Å². The molecule has 23 heavy (non-hydrogen) atoms. The molecule has 0 saturated carbocycles. The summed E-state index contributed by atoms with van der Waals surface area (Å²) in [5.74, 6) is -0.285. The summed E-state index contributed by atoms with van der Waals surface area (Å²) in [5.41, 5.74) is 5.10. The van der Waals surface area contributed by atoms with E-state index in [2.05, 4.69) is 0 Å². The SMILES string of the molecule is COc1ccc2oc3cc(OCC(N)=O)cc(O)c3c(=O)c2c1. The summed E-state index contributed by atoms with van der Waals surface area (Å²) in [6, 6.07) is 7.45. The zero-order chi connectivity index (χ0) is 16.6. The molecule has 0 aliphatic carbocycles. The number of aromatic hydroxyl groups is 1. The normalized spacial score (nSPS) is 10.8. The molecule has 7 heteroatoms. The largest absolute Gasteiger partial charge is 0.507 e. The number of hydrogen-bond acceptors (Lipinski definition) is 6. The highest BCUT2D eigenvalue weighted by atomic mass is 16.5. The van der Waals surface area contributed by atoms with E-state index in [4.69, 9.17) is 19.6 Å². The Morgan fingerprint density at radius 3 is 2.70 bits per heavy atom. The van der Waals surface area contributed by atoms with E-state index >= 15 is 0 Å². The Morgan fingerprint density at radius 2 is 2.00 bits per heavy atom. The first kappa shape index (κ1) is 14.7. The molecule has 0 saturated heterocycles. The van der Waals surface area contributed by atoms with Crippen molar-refractivity contribution < 1.29 is 23.8 Å². The molecular formula is C16H13NO6. The van der Waals surface area contributed by atoms with Crippen molar-refractivity contribution in [3.05, 3.63) is 40.6 Å². The standard InChI is InChI=1S/C16H13NO6/c1-21-8-2-3-12-10(4-8)16(20)15-11(18)5-9(6-13(15)23-12)22-7-14(17)19/h2-6,18H,7H2,1H3,(H2,17,19). The number of carbonyl (C=O) groups excluding carboxylic acids is 1. The molecular weight excluding hydrogens is 302 g/mol. The molecule has 118 valence electrons. The van der Waals surface area contributed by atoms with Crippen molar-refractivity contribution in [2.75, 3.05) is 13.7 Å². The van der Waals surface area contributed by atoms with Crippen LogP contribution in [0.4, 0.5) is 0 Å². The lowest BCUT2D eigenvalue weighted by Crippen LogP contribution is -2.20. The van der Waals surface area contributed by atoms with E-state index in [0.29, 0.717) is 11.3 Å². The lowest BCUT2D eigenvalue weighted by atomic mass is 10.1. The van der Waals surface area contributed by atoms with Crippen LogP contribution in [0.25, 0.3) is 21.9 Å². The summed E-state index contributed by atoms with van der Waals surface area (Å²) in [4.78, 5) is 23.3. The van der Waals surface area contributed by atoms with Crippen LogP contribution in [0.5, 0.6) is 17.2 Å². The maximum absolute atomic E-state index is 12.6. The maximum atomic E-state index is 12.6. The molecule has 1 aromatic heterocycles. The number of nitrogens with two attached hydrogens (primary N) is 1. The number of hydrogen-bond donors (Lipinski definition) is 2. The highest BCUT2D eigenvalue weighted by Gasteiger charge is 2.14. The van der Waals surface area contributed by atoms with Crippen LogP contribution >= 0.6 is 0 Å². The van der Waals surface area contributed by atoms with Crippen molar-refractivity contribution in [1.82, 2.24) is 0 Å². The summed E-state index contributed by atoms with van der Waals surface area (Å²) < 4.78 is 15.9. The van der Waals surface area contributed by atoms with Crippen molar-refractivity contribution >= 4 is 27.8 Å². The predicted molar refractivity (Wildman–Crippen MR) is 82.9 cm³/mol. The number of ether oxygens (including phenoxy) is 2. The molecule has 3 aromatic rings. The number of benzene rings is 2. The Labute approximate surface area is 129 Å². The van der Waals surface area contributed by atoms with Crippen LogP contribution < -0.4 is 20.6 Å². The maximum Gasteiger partial charge on any atom is 0.255 e. The molecule has 0 bridgehead atoms. The fourth-order valence-electron chi connectivity index (χ4n) is 2.28. The van der Waals surface area contributed by atoms with E-state index in [-0.39, 0.29) is 39.9 Å². The topological polar surface area (TPSA) is 112 Å². The van der Waals surface area contributed by atoms with E-state index in [1.165, 1.54) is 25.3 Å². The molecule has 1 amide bonds. The molecule has 0 spiro atoms. The molecule has 0 atom stereocenters. The highest BCUT2D eigenvalue weighted by molar-refractivity contribution is 5.94.